The van der Waals surface area contributed by atoms with E-state index in [9.17, 15) is 24.0 Å². The quantitative estimate of drug-likeness (QED) is 0.0578. The highest BCUT2D eigenvalue weighted by molar-refractivity contribution is 6.32. The Hall–Kier alpha value is -7.12. The number of urea groups is 1. The van der Waals surface area contributed by atoms with E-state index in [2.05, 4.69) is 75.3 Å². The molecule has 0 aliphatic carbocycles. The Kier molecular flexibility index (Phi) is 17.8. The summed E-state index contributed by atoms with van der Waals surface area (Å²) in [6.07, 6.45) is 6.51. The van der Waals surface area contributed by atoms with Crippen molar-refractivity contribution in [2.45, 2.75) is 58.0 Å². The van der Waals surface area contributed by atoms with Gasteiger partial charge in [-0.3, -0.25) is 34.3 Å². The van der Waals surface area contributed by atoms with Gasteiger partial charge in [0.1, 0.15) is 18.4 Å². The first-order valence-corrected chi connectivity index (χ1v) is 25.7. The molecule has 3 aliphatic rings. The number of pyridine rings is 1. The molecule has 2 atom stereocenters. The molecule has 3 N–H and O–H groups in total. The lowest BCUT2D eigenvalue weighted by Gasteiger charge is -2.34. The molecule has 0 saturated carbocycles. The molecule has 4 aromatic heterocycles. The summed E-state index contributed by atoms with van der Waals surface area (Å²) in [4.78, 5) is 81.7. The number of piperazine rings is 1. The monoisotopic (exact) mass is 1080 g/mol. The lowest BCUT2D eigenvalue weighted by atomic mass is 10.0. The Morgan fingerprint density at radius 3 is 2.30 bits per heavy atom. The van der Waals surface area contributed by atoms with Crippen molar-refractivity contribution in [3.63, 3.8) is 0 Å². The molecule has 3 aliphatic heterocycles. The average molecular weight is 1080 g/mol. The van der Waals surface area contributed by atoms with Crippen LogP contribution in [0.2, 0.25) is 10.2 Å². The topological polar surface area (TPSA) is 245 Å². The van der Waals surface area contributed by atoms with Crippen LogP contribution in [0.5, 0.6) is 5.75 Å². The van der Waals surface area contributed by atoms with Crippen LogP contribution in [0.15, 0.2) is 79.4 Å². The van der Waals surface area contributed by atoms with Gasteiger partial charge in [-0.25, -0.2) is 19.3 Å². The number of carbonyl (C=O) groups excluding carboxylic acids is 5. The zero-order valence-electron chi connectivity index (χ0n) is 42.0. The first kappa shape index (κ1) is 53.7. The molecule has 0 unspecified atom stereocenters. The van der Waals surface area contributed by atoms with Crippen LogP contribution in [0.3, 0.4) is 0 Å². The second kappa shape index (κ2) is 25.1. The van der Waals surface area contributed by atoms with Gasteiger partial charge >= 0.3 is 6.03 Å². The predicted molar refractivity (Wildman–Crippen MR) is 278 cm³/mol. The number of carbonyl (C=O) groups is 5. The molecule has 76 heavy (non-hydrogen) atoms. The number of rotatable bonds is 23. The standard InChI is InChI=1S/C51H58Cl2N14O9/c1-33(47-40(29-54-44-27-43(53)61-66(44)47)59-51(72)58-36-26-39(52)48(55-28-36)67-56-13-14-57-67)62(2)46(69)12-20-73-22-24-75-25-23-74-21-19-63-15-17-64(18-16-63)30-34-6-8-35(9-7-34)32-76-42-5-3-4-37-38(42)31-65(50(37)71)41-10-11-45(68)60-49(41)70/h3-9,13-14,26-29,33,41H,10-12,15-25,30-32H2,1-2H3,(H2,58,59,72)(H,60,68,70)/t33-,41-/m0/s1. The van der Waals surface area contributed by atoms with Crippen LogP contribution in [-0.4, -0.2) is 169 Å². The minimum absolute atomic E-state index is 0.110. The van der Waals surface area contributed by atoms with Gasteiger partial charge in [-0.1, -0.05) is 53.5 Å². The number of hydrogen-bond donors (Lipinski definition) is 3. The maximum atomic E-state index is 13.4. The molecule has 0 bridgehead atoms. The lowest BCUT2D eigenvalue weighted by Crippen LogP contribution is -2.52. The van der Waals surface area contributed by atoms with Gasteiger partial charge in [-0.2, -0.15) is 15.3 Å². The van der Waals surface area contributed by atoms with Gasteiger partial charge < -0.3 is 39.4 Å². The highest BCUT2D eigenvalue weighted by atomic mass is 35.5. The van der Waals surface area contributed by atoms with Crippen LogP contribution in [0.4, 0.5) is 16.2 Å². The number of nitrogens with one attached hydrogen (secondary N) is 3. The molecule has 7 heterocycles. The molecule has 0 radical (unpaired) electrons. The third kappa shape index (κ3) is 13.3. The molecule has 2 fully saturated rings. The fourth-order valence-corrected chi connectivity index (χ4v) is 9.59. The van der Waals surface area contributed by atoms with Crippen LogP contribution in [0, 0.1) is 0 Å². The zero-order valence-corrected chi connectivity index (χ0v) is 43.5. The van der Waals surface area contributed by atoms with Gasteiger partial charge in [0.15, 0.2) is 16.6 Å². The van der Waals surface area contributed by atoms with E-state index in [-0.39, 0.29) is 53.9 Å². The Morgan fingerprint density at radius 1 is 0.855 bits per heavy atom. The number of ether oxygens (including phenoxy) is 4. The molecule has 9 rings (SSSR count). The molecule has 6 aromatic rings. The van der Waals surface area contributed by atoms with Gasteiger partial charge in [-0.05, 0) is 42.7 Å². The van der Waals surface area contributed by atoms with Crippen LogP contribution in [0.1, 0.15) is 65.0 Å². The number of anilines is 2. The van der Waals surface area contributed by atoms with Crippen molar-refractivity contribution in [1.29, 1.82) is 0 Å². The molecule has 25 heteroatoms. The second-order valence-corrected chi connectivity index (χ2v) is 19.2. The van der Waals surface area contributed by atoms with Gasteiger partial charge in [-0.15, -0.1) is 4.80 Å². The van der Waals surface area contributed by atoms with Gasteiger partial charge in [0.25, 0.3) is 5.91 Å². The lowest BCUT2D eigenvalue weighted by molar-refractivity contribution is -0.137. The minimum Gasteiger partial charge on any atom is -0.489 e. The summed E-state index contributed by atoms with van der Waals surface area (Å²) in [6.45, 7) is 10.3. The van der Waals surface area contributed by atoms with Crippen LogP contribution >= 0.6 is 23.2 Å². The first-order valence-electron chi connectivity index (χ1n) is 24.9. The van der Waals surface area contributed by atoms with Gasteiger partial charge in [0, 0.05) is 69.9 Å². The zero-order chi connectivity index (χ0) is 53.1. The Morgan fingerprint density at radius 2 is 1.57 bits per heavy atom. The smallest absolute Gasteiger partial charge is 0.323 e. The fourth-order valence-electron chi connectivity index (χ4n) is 9.17. The summed E-state index contributed by atoms with van der Waals surface area (Å²) < 4.78 is 25.0. The van der Waals surface area contributed by atoms with E-state index in [0.29, 0.717) is 85.9 Å². The number of imide groups is 1. The molecule has 0 spiro atoms. The van der Waals surface area contributed by atoms with Crippen molar-refractivity contribution in [2.75, 3.05) is 90.0 Å². The summed E-state index contributed by atoms with van der Waals surface area (Å²) in [5.41, 5.74) is 5.02. The van der Waals surface area contributed by atoms with Crippen molar-refractivity contribution in [2.24, 2.45) is 0 Å². The highest BCUT2D eigenvalue weighted by Crippen LogP contribution is 2.34. The number of piperidine rings is 1. The number of aromatic nitrogens is 7. The molecular weight excluding hydrogens is 1020 g/mol. The molecule has 2 aromatic carbocycles. The SMILES string of the molecule is C[C@@H](c1c(NC(=O)Nc2cnc(-n3nccn3)c(Cl)c2)cnc2cc(Cl)nn12)N(C)C(=O)CCOCCOCCOCCN1CCN(Cc2ccc(COc3cccc4c3CN([C@H]3CCC(=O)NC3=O)C4=O)cc2)CC1. The Balaban J connectivity index is 0.617. The molecular formula is C51H58Cl2N14O9. The molecule has 6 amide bonds. The fraction of sp³-hybridized carbons (Fsp3) is 0.412. The number of amides is 6. The first-order chi connectivity index (χ1) is 36.9. The number of hydrogen-bond acceptors (Lipinski definition) is 16. The number of benzene rings is 2. The van der Waals surface area contributed by atoms with Crippen molar-refractivity contribution in [3.05, 3.63) is 118 Å². The van der Waals surface area contributed by atoms with E-state index >= 15 is 0 Å². The highest BCUT2D eigenvalue weighted by Gasteiger charge is 2.40. The van der Waals surface area contributed by atoms with Crippen molar-refractivity contribution in [3.8, 4) is 11.6 Å². The normalized spacial score (nSPS) is 16.4. The number of fused-ring (bicyclic) bond motifs is 2. The van der Waals surface area contributed by atoms with E-state index in [4.69, 9.17) is 42.1 Å². The number of nitrogens with zero attached hydrogens (tertiary/aromatic N) is 11. The summed E-state index contributed by atoms with van der Waals surface area (Å²) in [5.74, 6) is -0.257. The maximum Gasteiger partial charge on any atom is 0.323 e. The van der Waals surface area contributed by atoms with Crippen LogP contribution in [0.25, 0.3) is 11.5 Å². The van der Waals surface area contributed by atoms with Crippen molar-refractivity contribution in [1.82, 2.24) is 59.5 Å². The molecule has 2 saturated heterocycles. The van der Waals surface area contributed by atoms with Crippen LogP contribution < -0.4 is 20.7 Å². The van der Waals surface area contributed by atoms with E-state index in [1.165, 1.54) is 50.6 Å². The van der Waals surface area contributed by atoms with E-state index < -0.39 is 24.0 Å². The van der Waals surface area contributed by atoms with Gasteiger partial charge in [0.2, 0.25) is 17.7 Å². The summed E-state index contributed by atoms with van der Waals surface area (Å²) in [6, 6.07) is 15.0. The minimum atomic E-state index is -0.674. The third-order valence-corrected chi connectivity index (χ3v) is 13.8. The Bertz CT molecular complexity index is 3030. The molecule has 23 nitrogen and oxygen atoms in total. The summed E-state index contributed by atoms with van der Waals surface area (Å²) in [7, 11) is 1.66. The van der Waals surface area contributed by atoms with Gasteiger partial charge in [0.05, 0.1) is 106 Å². The van der Waals surface area contributed by atoms with E-state index in [1.807, 2.05) is 13.0 Å². The van der Waals surface area contributed by atoms with E-state index in [0.717, 1.165) is 50.4 Å². The largest absolute Gasteiger partial charge is 0.489 e. The summed E-state index contributed by atoms with van der Waals surface area (Å²) >= 11 is 12.6. The van der Waals surface area contributed by atoms with Crippen molar-refractivity contribution < 1.29 is 42.9 Å². The summed E-state index contributed by atoms with van der Waals surface area (Å²) in [5, 5.41) is 20.7. The van der Waals surface area contributed by atoms with Crippen LogP contribution in [-0.2, 0) is 48.3 Å². The maximum absolute atomic E-state index is 13.4. The number of halogens is 2. The van der Waals surface area contributed by atoms with Crippen molar-refractivity contribution >= 4 is 69.9 Å². The molecule has 400 valence electrons. The second-order valence-electron chi connectivity index (χ2n) is 18.4. The average Bonchev–Trinajstić information content (AvgIpc) is 4.19. The third-order valence-electron chi connectivity index (χ3n) is 13.4. The van der Waals surface area contributed by atoms with E-state index in [1.54, 1.807) is 30.1 Å². The Labute approximate surface area is 447 Å². The predicted octanol–water partition coefficient (Wildman–Crippen LogP) is 4.77.